The molecule has 0 aliphatic heterocycles. The molecule has 3 rings (SSSR count). The number of carboxylic acids is 1. The fraction of sp³-hybridized carbons (Fsp3) is 0.353. The van der Waals surface area contributed by atoms with Gasteiger partial charge in [-0.15, -0.1) is 0 Å². The summed E-state index contributed by atoms with van der Waals surface area (Å²) in [6.07, 6.45) is 1.15. The first kappa shape index (κ1) is 19.8. The summed E-state index contributed by atoms with van der Waals surface area (Å²) >= 11 is 3.51. The van der Waals surface area contributed by atoms with Gasteiger partial charge in [-0.25, -0.2) is 14.2 Å². The zero-order valence-electron chi connectivity index (χ0n) is 16.1. The molecule has 0 saturated carbocycles. The quantitative estimate of drug-likeness (QED) is 0.616. The molecule has 0 fully saturated rings. The molecule has 0 saturated heterocycles. The lowest BCUT2D eigenvalue weighted by atomic mass is 10.2. The van der Waals surface area contributed by atoms with Crippen LogP contribution in [0, 0.1) is 27.7 Å². The van der Waals surface area contributed by atoms with Crippen molar-refractivity contribution >= 4 is 33.5 Å². The molecule has 0 bridgehead atoms. The van der Waals surface area contributed by atoms with Gasteiger partial charge in [0.25, 0.3) is 5.91 Å². The fourth-order valence-electron chi connectivity index (χ4n) is 2.99. The Morgan fingerprint density at radius 3 is 2.29 bits per heavy atom. The number of rotatable bonds is 5. The van der Waals surface area contributed by atoms with E-state index in [2.05, 4.69) is 36.5 Å². The van der Waals surface area contributed by atoms with Gasteiger partial charge in [-0.1, -0.05) is 0 Å². The maximum Gasteiger partial charge on any atom is 0.339 e. The molecule has 0 aromatic carbocycles. The van der Waals surface area contributed by atoms with Crippen molar-refractivity contribution in [2.45, 2.75) is 34.4 Å². The molecule has 148 valence electrons. The molecule has 0 unspecified atom stereocenters. The van der Waals surface area contributed by atoms with Gasteiger partial charge in [-0.2, -0.15) is 15.3 Å². The van der Waals surface area contributed by atoms with Crippen LogP contribution < -0.4 is 5.32 Å². The Kier molecular flexibility index (Phi) is 5.11. The average molecular weight is 450 g/mol. The van der Waals surface area contributed by atoms with Crippen molar-refractivity contribution in [1.29, 1.82) is 0 Å². The van der Waals surface area contributed by atoms with Gasteiger partial charge in [0.15, 0.2) is 0 Å². The number of halogens is 1. The zero-order valence-corrected chi connectivity index (χ0v) is 17.7. The normalized spacial score (nSPS) is 11.1. The van der Waals surface area contributed by atoms with Gasteiger partial charge in [-0.05, 0) is 43.6 Å². The van der Waals surface area contributed by atoms with Gasteiger partial charge in [-0.3, -0.25) is 9.48 Å². The summed E-state index contributed by atoms with van der Waals surface area (Å²) in [5.74, 6) is -1.77. The number of nitrogens with zero attached hydrogens (tertiary/aromatic N) is 6. The highest BCUT2D eigenvalue weighted by molar-refractivity contribution is 9.10. The second kappa shape index (κ2) is 7.23. The van der Waals surface area contributed by atoms with Crippen LogP contribution in [-0.4, -0.2) is 46.3 Å². The smallest absolute Gasteiger partial charge is 0.339 e. The van der Waals surface area contributed by atoms with E-state index >= 15 is 0 Å². The minimum Gasteiger partial charge on any atom is -0.478 e. The molecule has 0 atom stereocenters. The van der Waals surface area contributed by atoms with E-state index in [9.17, 15) is 14.7 Å². The second-order valence-corrected chi connectivity index (χ2v) is 7.25. The predicted molar refractivity (Wildman–Crippen MR) is 105 cm³/mol. The van der Waals surface area contributed by atoms with Crippen LogP contribution in [0.15, 0.2) is 10.7 Å². The van der Waals surface area contributed by atoms with Gasteiger partial charge in [0.1, 0.15) is 17.9 Å². The number of amides is 1. The molecule has 3 aromatic rings. The summed E-state index contributed by atoms with van der Waals surface area (Å²) in [5, 5.41) is 24.9. The number of aromatic nitrogens is 6. The first-order valence-corrected chi connectivity index (χ1v) is 9.21. The number of aryl methyl sites for hydroxylation is 3. The van der Waals surface area contributed by atoms with Crippen LogP contribution in [0.2, 0.25) is 0 Å². The summed E-state index contributed by atoms with van der Waals surface area (Å²) in [6.45, 7) is 7.85. The zero-order chi connectivity index (χ0) is 20.7. The van der Waals surface area contributed by atoms with E-state index in [4.69, 9.17) is 0 Å². The summed E-state index contributed by atoms with van der Waals surface area (Å²) in [7, 11) is 1.52. The standard InChI is InChI=1S/C17H20BrN7O3/c1-8-13(18)10(3)24(21-8)7-25-11(4)14(9(2)22-25)20-16(26)15-12(17(27)28)6-19-23(15)5/h6H,7H2,1-5H3,(H,20,26)(H,27,28). The van der Waals surface area contributed by atoms with Gasteiger partial charge in [0, 0.05) is 7.05 Å². The third-order valence-corrected chi connectivity index (χ3v) is 5.71. The van der Waals surface area contributed by atoms with Gasteiger partial charge >= 0.3 is 5.97 Å². The molecular formula is C17H20BrN7O3. The molecular weight excluding hydrogens is 430 g/mol. The number of carbonyl (C=O) groups excluding carboxylic acids is 1. The third kappa shape index (κ3) is 3.33. The highest BCUT2D eigenvalue weighted by Crippen LogP contribution is 2.23. The first-order chi connectivity index (χ1) is 13.1. The van der Waals surface area contributed by atoms with E-state index in [1.807, 2.05) is 25.5 Å². The summed E-state index contributed by atoms with van der Waals surface area (Å²) in [6, 6.07) is 0. The number of carbonyl (C=O) groups is 2. The lowest BCUT2D eigenvalue weighted by molar-refractivity contribution is 0.0692. The van der Waals surface area contributed by atoms with Crippen molar-refractivity contribution in [3.05, 3.63) is 44.7 Å². The maximum absolute atomic E-state index is 12.7. The lowest BCUT2D eigenvalue weighted by Crippen LogP contribution is -2.20. The maximum atomic E-state index is 12.7. The van der Waals surface area contributed by atoms with E-state index in [-0.39, 0.29) is 11.3 Å². The van der Waals surface area contributed by atoms with E-state index in [1.165, 1.54) is 11.7 Å². The van der Waals surface area contributed by atoms with Crippen molar-refractivity contribution in [3.63, 3.8) is 0 Å². The fourth-order valence-corrected chi connectivity index (χ4v) is 3.28. The van der Waals surface area contributed by atoms with E-state index in [0.717, 1.165) is 27.8 Å². The van der Waals surface area contributed by atoms with Crippen molar-refractivity contribution in [2.75, 3.05) is 5.32 Å². The Hall–Kier alpha value is -2.95. The molecule has 0 spiro atoms. The Bertz CT molecular complexity index is 1090. The van der Waals surface area contributed by atoms with Crippen molar-refractivity contribution in [2.24, 2.45) is 7.05 Å². The minimum absolute atomic E-state index is 0.0264. The molecule has 0 aliphatic carbocycles. The van der Waals surface area contributed by atoms with E-state index < -0.39 is 11.9 Å². The van der Waals surface area contributed by atoms with Crippen LogP contribution in [0.25, 0.3) is 0 Å². The van der Waals surface area contributed by atoms with Crippen molar-refractivity contribution in [1.82, 2.24) is 29.3 Å². The monoisotopic (exact) mass is 449 g/mol. The van der Waals surface area contributed by atoms with E-state index in [0.29, 0.717) is 18.1 Å². The number of hydrogen-bond acceptors (Lipinski definition) is 5. The molecule has 0 aliphatic rings. The largest absolute Gasteiger partial charge is 0.478 e. The Balaban J connectivity index is 1.90. The summed E-state index contributed by atoms with van der Waals surface area (Å²) in [5.41, 5.74) is 3.54. The molecule has 11 heteroatoms. The van der Waals surface area contributed by atoms with Gasteiger partial charge in [0.2, 0.25) is 0 Å². The molecule has 28 heavy (non-hydrogen) atoms. The predicted octanol–water partition coefficient (Wildman–Crippen LogP) is 2.27. The number of nitrogens with one attached hydrogen (secondary N) is 1. The Labute approximate surface area is 169 Å². The third-order valence-electron chi connectivity index (χ3n) is 4.57. The molecule has 2 N–H and O–H groups in total. The average Bonchev–Trinajstić information content (AvgIpc) is 3.22. The lowest BCUT2D eigenvalue weighted by Gasteiger charge is -2.09. The molecule has 10 nitrogen and oxygen atoms in total. The number of aromatic carboxylic acids is 1. The number of anilines is 1. The number of carboxylic acid groups (broad SMARTS) is 1. The topological polar surface area (TPSA) is 120 Å². The molecule has 1 amide bonds. The summed E-state index contributed by atoms with van der Waals surface area (Å²) < 4.78 is 5.73. The highest BCUT2D eigenvalue weighted by Gasteiger charge is 2.24. The highest BCUT2D eigenvalue weighted by atomic mass is 79.9. The molecule has 3 aromatic heterocycles. The van der Waals surface area contributed by atoms with Crippen LogP contribution in [-0.2, 0) is 13.7 Å². The van der Waals surface area contributed by atoms with E-state index in [1.54, 1.807) is 11.6 Å². The SMILES string of the molecule is Cc1nn(Cn2nc(C)c(NC(=O)c3c(C(=O)O)cnn3C)c2C)c(C)c1Br. The van der Waals surface area contributed by atoms with Crippen LogP contribution in [0.4, 0.5) is 5.69 Å². The summed E-state index contributed by atoms with van der Waals surface area (Å²) in [4.78, 5) is 24.0. The van der Waals surface area contributed by atoms with Crippen LogP contribution in [0.3, 0.4) is 0 Å². The number of hydrogen-bond donors (Lipinski definition) is 2. The van der Waals surface area contributed by atoms with Crippen molar-refractivity contribution in [3.8, 4) is 0 Å². The molecule has 3 heterocycles. The van der Waals surface area contributed by atoms with Gasteiger partial charge < -0.3 is 10.4 Å². The van der Waals surface area contributed by atoms with Crippen molar-refractivity contribution < 1.29 is 14.7 Å². The molecule has 0 radical (unpaired) electrons. The van der Waals surface area contributed by atoms with Crippen LogP contribution in [0.1, 0.15) is 43.6 Å². The Morgan fingerprint density at radius 2 is 1.71 bits per heavy atom. The van der Waals surface area contributed by atoms with Crippen LogP contribution >= 0.6 is 15.9 Å². The Morgan fingerprint density at radius 1 is 1.11 bits per heavy atom. The van der Waals surface area contributed by atoms with Gasteiger partial charge in [0.05, 0.1) is 39.1 Å². The van der Waals surface area contributed by atoms with Crippen LogP contribution in [0.5, 0.6) is 0 Å². The second-order valence-electron chi connectivity index (χ2n) is 6.46. The first-order valence-electron chi connectivity index (χ1n) is 8.42. The minimum atomic E-state index is -1.21.